The summed E-state index contributed by atoms with van der Waals surface area (Å²) in [6, 6.07) is 24.9. The lowest BCUT2D eigenvalue weighted by Crippen LogP contribution is -2.30. The number of carbonyl (C=O) groups excluding carboxylic acids is 4. The van der Waals surface area contributed by atoms with Crippen molar-refractivity contribution in [1.29, 1.82) is 0 Å². The highest BCUT2D eigenvalue weighted by Crippen LogP contribution is 2.31. The minimum Gasteiger partial charge on any atom is -0.480 e. The highest BCUT2D eigenvalue weighted by Gasteiger charge is 2.25. The van der Waals surface area contributed by atoms with E-state index in [2.05, 4.69) is 20.0 Å². The molecule has 34 nitrogen and oxygen atoms in total. The third-order valence-electron chi connectivity index (χ3n) is 13.8. The number of nitrogens with zero attached hydrogens (tertiary/aromatic N) is 4. The number of benzene rings is 4. The molecule has 4 rings (SSSR count). The van der Waals surface area contributed by atoms with Crippen molar-refractivity contribution in [1.82, 2.24) is 0 Å². The summed E-state index contributed by atoms with van der Waals surface area (Å²) in [7, 11) is 3.07. The van der Waals surface area contributed by atoms with Crippen molar-refractivity contribution in [3.8, 4) is 0 Å². The number of nitrogens with two attached hydrogens (primary N) is 10. The molecule has 0 heterocycles. The van der Waals surface area contributed by atoms with Crippen LogP contribution < -0.4 is 57.3 Å². The maximum Gasteiger partial charge on any atom is 0.336 e. The van der Waals surface area contributed by atoms with Crippen LogP contribution in [-0.2, 0) is 47.7 Å². The SMILES string of the molecule is CCCC[C@@H](OC(C)=O)c1ccccc1C(=O)O.CCCC[C@@H](OC(C)=O)c1ccccc1C(=O)O.CCCC[C@H](OC(C)=O)c1ccccc1C(=O)O.CCCC[C@H](OC(C)=O)c1ccccc1C(=O)O.CN=C(N)N.CN=C(N)N.NC(N)=NCCC[C@H](N)C(=O)O.NC(N)=NCCC[C@H](N)C(=O)O. The van der Waals surface area contributed by atoms with E-state index >= 15 is 0 Å². The van der Waals surface area contributed by atoms with Gasteiger partial charge in [0.2, 0.25) is 0 Å². The van der Waals surface area contributed by atoms with Gasteiger partial charge in [0, 0.05) is 77.1 Å². The second kappa shape index (κ2) is 61.1. The summed E-state index contributed by atoms with van der Waals surface area (Å²) >= 11 is 0. The van der Waals surface area contributed by atoms with Crippen molar-refractivity contribution in [2.45, 2.75) is 195 Å². The Hall–Kier alpha value is -11.4. The van der Waals surface area contributed by atoms with Gasteiger partial charge in [-0.3, -0.25) is 48.7 Å². The second-order valence-corrected chi connectivity index (χ2v) is 22.6. The molecule has 0 saturated carbocycles. The Balaban J connectivity index is -0.000000577. The van der Waals surface area contributed by atoms with E-state index < -0.39 is 96.2 Å². The summed E-state index contributed by atoms with van der Waals surface area (Å²) < 4.78 is 20.9. The van der Waals surface area contributed by atoms with Crippen LogP contribution in [0, 0.1) is 0 Å². The maximum atomic E-state index is 11.1. The normalized spacial score (nSPS) is 11.4. The molecule has 592 valence electrons. The van der Waals surface area contributed by atoms with E-state index in [1.807, 2.05) is 27.7 Å². The van der Waals surface area contributed by atoms with Crippen molar-refractivity contribution in [3.05, 3.63) is 142 Å². The molecule has 0 aromatic heterocycles. The lowest BCUT2D eigenvalue weighted by molar-refractivity contribution is -0.148. The predicted octanol–water partition coefficient (Wildman–Crippen LogP) is 7.40. The van der Waals surface area contributed by atoms with Crippen molar-refractivity contribution < 1.29 is 97.5 Å². The number of aromatic carboxylic acids is 4. The molecule has 0 amide bonds. The van der Waals surface area contributed by atoms with Crippen molar-refractivity contribution in [3.63, 3.8) is 0 Å². The molecule has 0 aliphatic rings. The minimum absolute atomic E-state index is 0.0129. The summed E-state index contributed by atoms with van der Waals surface area (Å²) in [5.41, 5.74) is 53.0. The number of esters is 4. The molecule has 0 unspecified atom stereocenters. The fourth-order valence-electron chi connectivity index (χ4n) is 8.65. The van der Waals surface area contributed by atoms with Gasteiger partial charge in [0.1, 0.15) is 36.5 Å². The molecule has 106 heavy (non-hydrogen) atoms. The first-order valence-corrected chi connectivity index (χ1v) is 33.9. The average molecular weight is 1500 g/mol. The van der Waals surface area contributed by atoms with E-state index in [0.717, 1.165) is 51.4 Å². The molecule has 4 aromatic rings. The highest BCUT2D eigenvalue weighted by molar-refractivity contribution is 5.91. The minimum atomic E-state index is -1.00. The Labute approximate surface area is 619 Å². The van der Waals surface area contributed by atoms with Gasteiger partial charge in [0.15, 0.2) is 23.8 Å². The predicted molar refractivity (Wildman–Crippen MR) is 404 cm³/mol. The van der Waals surface area contributed by atoms with Crippen LogP contribution in [0.5, 0.6) is 0 Å². The highest BCUT2D eigenvalue weighted by atomic mass is 16.6. The Kier molecular flexibility index (Phi) is 58.2. The fourth-order valence-corrected chi connectivity index (χ4v) is 8.65. The van der Waals surface area contributed by atoms with Crippen molar-refractivity contribution in [2.24, 2.45) is 77.3 Å². The molecule has 0 spiro atoms. The van der Waals surface area contributed by atoms with Crippen LogP contribution in [0.25, 0.3) is 0 Å². The Morgan fingerprint density at radius 1 is 0.330 bits per heavy atom. The Morgan fingerprint density at radius 2 is 0.519 bits per heavy atom. The van der Waals surface area contributed by atoms with E-state index in [1.165, 1.54) is 66.1 Å². The van der Waals surface area contributed by atoms with Gasteiger partial charge in [-0.15, -0.1) is 0 Å². The van der Waals surface area contributed by atoms with Gasteiger partial charge < -0.3 is 107 Å². The smallest absolute Gasteiger partial charge is 0.336 e. The summed E-state index contributed by atoms with van der Waals surface area (Å²) in [5, 5.41) is 53.3. The number of carboxylic acid groups (broad SMARTS) is 6. The number of unbranched alkanes of at least 4 members (excludes halogenated alkanes) is 4. The van der Waals surface area contributed by atoms with Crippen molar-refractivity contribution >= 4 is 83.5 Å². The van der Waals surface area contributed by atoms with Crippen LogP contribution >= 0.6 is 0 Å². The molecule has 6 atom stereocenters. The molecule has 0 bridgehead atoms. The zero-order valence-electron chi connectivity index (χ0n) is 62.4. The summed E-state index contributed by atoms with van der Waals surface area (Å²) in [5.74, 6) is -7.29. The lowest BCUT2D eigenvalue weighted by atomic mass is 9.98. The molecule has 0 fully saturated rings. The van der Waals surface area contributed by atoms with Gasteiger partial charge >= 0.3 is 59.7 Å². The molecule has 0 radical (unpaired) electrons. The van der Waals surface area contributed by atoms with Gasteiger partial charge in [0.05, 0.1) is 22.3 Å². The van der Waals surface area contributed by atoms with Crippen LogP contribution in [0.2, 0.25) is 0 Å². The van der Waals surface area contributed by atoms with E-state index in [9.17, 15) is 47.9 Å². The van der Waals surface area contributed by atoms with Gasteiger partial charge in [-0.25, -0.2) is 19.2 Å². The molecule has 4 aromatic carbocycles. The maximum absolute atomic E-state index is 11.1. The van der Waals surface area contributed by atoms with E-state index in [1.54, 1.807) is 72.8 Å². The molecule has 0 aliphatic heterocycles. The Morgan fingerprint density at radius 3 is 0.660 bits per heavy atom. The molecular formula is C72H114N14O20. The average Bonchev–Trinajstić information content (AvgIpc) is 0.864. The fraction of sp³-hybridized carbons (Fsp3) is 0.472. The first-order valence-electron chi connectivity index (χ1n) is 33.9. The first-order chi connectivity index (χ1) is 49.8. The summed E-state index contributed by atoms with van der Waals surface area (Å²) in [6.45, 7) is 14.3. The summed E-state index contributed by atoms with van der Waals surface area (Å²) in [6.07, 6.45) is 9.94. The molecule has 26 N–H and O–H groups in total. The third-order valence-corrected chi connectivity index (χ3v) is 13.8. The zero-order chi connectivity index (χ0) is 81.9. The first kappa shape index (κ1) is 101. The standard InChI is InChI=1S/4C14H18O4.2C6H14N4O2.2C2H7N3/c4*1-3-4-9-13(18-10(2)15)11-7-5-6-8-12(11)14(16)17;2*7-4(5(11)12)2-1-3-10-6(8)9;2*1-5-2(3)4/h4*5-8,13H,3-4,9H2,1-2H3,(H,16,17);2*4H,1-3,7H2,(H,11,12)(H4,8,9,10);2*1H3,(H4,3,4,5)/t4*13-;2*4-;;/m110000../s1. The van der Waals surface area contributed by atoms with Crippen LogP contribution in [0.15, 0.2) is 117 Å². The largest absolute Gasteiger partial charge is 0.480 e. The van der Waals surface area contributed by atoms with Crippen LogP contribution in [0.1, 0.15) is 246 Å². The lowest BCUT2D eigenvalue weighted by Gasteiger charge is -2.18. The van der Waals surface area contributed by atoms with Crippen LogP contribution in [0.3, 0.4) is 0 Å². The number of guanidine groups is 4. The van der Waals surface area contributed by atoms with Crippen molar-refractivity contribution in [2.75, 3.05) is 27.2 Å². The van der Waals surface area contributed by atoms with Gasteiger partial charge in [-0.05, 0) is 101 Å². The number of hydrogen-bond donors (Lipinski definition) is 16. The van der Waals surface area contributed by atoms with E-state index in [-0.39, 0.29) is 46.1 Å². The van der Waals surface area contributed by atoms with E-state index in [4.69, 9.17) is 107 Å². The number of rotatable bonds is 34. The van der Waals surface area contributed by atoms with Crippen LogP contribution in [0.4, 0.5) is 0 Å². The third kappa shape index (κ3) is 51.7. The quantitative estimate of drug-likeness (QED) is 0.00712. The molecule has 0 aliphatic carbocycles. The molecular weight excluding hydrogens is 1380 g/mol. The number of ether oxygens (including phenoxy) is 4. The van der Waals surface area contributed by atoms with Gasteiger partial charge in [0.25, 0.3) is 0 Å². The van der Waals surface area contributed by atoms with Crippen LogP contribution in [-0.4, -0.2) is 153 Å². The number of carbonyl (C=O) groups is 10. The second-order valence-electron chi connectivity index (χ2n) is 22.6. The number of aliphatic imine (C=N–C) groups is 4. The number of carboxylic acids is 6. The topological polar surface area (TPSA) is 639 Å². The molecule has 0 saturated heterocycles. The molecule has 34 heteroatoms. The van der Waals surface area contributed by atoms with Gasteiger partial charge in [-0.2, -0.15) is 0 Å². The van der Waals surface area contributed by atoms with E-state index in [0.29, 0.717) is 86.7 Å². The zero-order valence-corrected chi connectivity index (χ0v) is 62.4. The Bertz CT molecular complexity index is 3010. The number of aliphatic carboxylic acids is 2. The van der Waals surface area contributed by atoms with Gasteiger partial charge in [-0.1, -0.05) is 126 Å². The summed E-state index contributed by atoms with van der Waals surface area (Å²) in [4.78, 5) is 124. The number of hydrogen-bond acceptors (Lipinski definition) is 20. The monoisotopic (exact) mass is 1490 g/mol.